The number of hydrogen-bond donors (Lipinski definition) is 2. The van der Waals surface area contributed by atoms with Crippen molar-refractivity contribution in [3.8, 4) is 0 Å². The second-order valence-electron chi connectivity index (χ2n) is 6.55. The van der Waals surface area contributed by atoms with E-state index in [1.807, 2.05) is 11.8 Å². The van der Waals surface area contributed by atoms with E-state index in [1.54, 1.807) is 19.0 Å². The number of thioether (sulfide) groups is 1. The molecule has 0 saturated carbocycles. The summed E-state index contributed by atoms with van der Waals surface area (Å²) < 4.78 is 6.07. The largest absolute Gasteiger partial charge is 0.374 e. The maximum Gasteiger partial charge on any atom is 0.243 e. The van der Waals surface area contributed by atoms with Crippen molar-refractivity contribution in [2.24, 2.45) is 4.99 Å². The minimum Gasteiger partial charge on any atom is -0.374 e. The molecule has 0 aliphatic carbocycles. The lowest BCUT2D eigenvalue weighted by Crippen LogP contribution is -2.51. The number of guanidine groups is 1. The van der Waals surface area contributed by atoms with Crippen LogP contribution in [0.25, 0.3) is 0 Å². The number of nitrogens with one attached hydrogen (secondary N) is 2. The lowest BCUT2D eigenvalue weighted by Gasteiger charge is -2.38. The van der Waals surface area contributed by atoms with E-state index >= 15 is 0 Å². The maximum atomic E-state index is 11.8. The maximum absolute atomic E-state index is 11.8. The monoisotopic (exact) mass is 470 g/mol. The quantitative estimate of drug-likeness (QED) is 0.364. The Balaban J connectivity index is 0.00000288. The first-order chi connectivity index (χ1) is 11.0. The lowest BCUT2D eigenvalue weighted by molar-refractivity contribution is -0.127. The van der Waals surface area contributed by atoms with E-state index in [2.05, 4.69) is 22.5 Å². The third-order valence-electron chi connectivity index (χ3n) is 4.31. The molecular weight excluding hydrogens is 439 g/mol. The number of hydrogen-bond acceptors (Lipinski definition) is 4. The van der Waals surface area contributed by atoms with Gasteiger partial charge in [0.25, 0.3) is 0 Å². The molecule has 0 aromatic carbocycles. The topological polar surface area (TPSA) is 66.0 Å². The molecule has 0 aromatic rings. The Morgan fingerprint density at radius 3 is 2.88 bits per heavy atom. The lowest BCUT2D eigenvalue weighted by atomic mass is 9.90. The van der Waals surface area contributed by atoms with Gasteiger partial charge in [0, 0.05) is 39.0 Å². The fraction of sp³-hybridized carbons (Fsp3) is 0.875. The van der Waals surface area contributed by atoms with Gasteiger partial charge in [-0.15, -0.1) is 24.0 Å². The summed E-state index contributed by atoms with van der Waals surface area (Å²) in [6.45, 7) is 3.95. The molecule has 2 saturated heterocycles. The highest BCUT2D eigenvalue weighted by molar-refractivity contribution is 14.0. The number of aliphatic imine (C=N–C) groups is 1. The number of likely N-dealkylation sites (N-methyl/N-ethyl adjacent to an activating group) is 1. The second-order valence-corrected chi connectivity index (χ2v) is 7.65. The second kappa shape index (κ2) is 10.7. The molecule has 2 atom stereocenters. The molecule has 24 heavy (non-hydrogen) atoms. The third-order valence-corrected chi connectivity index (χ3v) is 5.54. The Bertz CT molecular complexity index is 428. The van der Waals surface area contributed by atoms with Gasteiger partial charge in [0.05, 0.1) is 5.60 Å². The van der Waals surface area contributed by atoms with Crippen LogP contribution in [0.1, 0.15) is 32.6 Å². The molecule has 2 rings (SSSR count). The van der Waals surface area contributed by atoms with Crippen LogP contribution < -0.4 is 10.6 Å². The van der Waals surface area contributed by atoms with Crippen molar-refractivity contribution < 1.29 is 9.53 Å². The van der Waals surface area contributed by atoms with Crippen molar-refractivity contribution in [1.82, 2.24) is 15.5 Å². The molecule has 2 aliphatic heterocycles. The number of rotatable bonds is 5. The molecule has 2 N–H and O–H groups in total. The van der Waals surface area contributed by atoms with Gasteiger partial charge < -0.3 is 20.3 Å². The van der Waals surface area contributed by atoms with Crippen LogP contribution in [0.2, 0.25) is 0 Å². The summed E-state index contributed by atoms with van der Waals surface area (Å²) in [4.78, 5) is 17.8. The zero-order valence-electron chi connectivity index (χ0n) is 15.0. The summed E-state index contributed by atoms with van der Waals surface area (Å²) >= 11 is 1.98. The normalized spacial score (nSPS) is 26.8. The average molecular weight is 470 g/mol. The third kappa shape index (κ3) is 6.59. The van der Waals surface area contributed by atoms with Crippen molar-refractivity contribution in [2.75, 3.05) is 45.3 Å². The van der Waals surface area contributed by atoms with E-state index in [4.69, 9.17) is 4.74 Å². The van der Waals surface area contributed by atoms with Crippen molar-refractivity contribution in [1.29, 1.82) is 0 Å². The highest BCUT2D eigenvalue weighted by Crippen LogP contribution is 2.38. The molecule has 1 spiro atoms. The van der Waals surface area contributed by atoms with Crippen LogP contribution in [0.5, 0.6) is 0 Å². The Hall–Kier alpha value is -0.220. The highest BCUT2D eigenvalue weighted by atomic mass is 127. The van der Waals surface area contributed by atoms with E-state index in [9.17, 15) is 4.79 Å². The van der Waals surface area contributed by atoms with Crippen molar-refractivity contribution in [3.05, 3.63) is 0 Å². The fourth-order valence-corrected chi connectivity index (χ4v) is 4.27. The number of amides is 1. The molecule has 6 nitrogen and oxygen atoms in total. The van der Waals surface area contributed by atoms with E-state index in [1.165, 1.54) is 5.75 Å². The summed E-state index contributed by atoms with van der Waals surface area (Å²) in [7, 11) is 3.51. The van der Waals surface area contributed by atoms with Gasteiger partial charge in [0.15, 0.2) is 5.96 Å². The van der Waals surface area contributed by atoms with E-state index in [-0.39, 0.29) is 42.0 Å². The Labute approximate surface area is 166 Å². The zero-order chi connectivity index (χ0) is 16.7. The molecule has 8 heteroatoms. The minimum atomic E-state index is 0. The Morgan fingerprint density at radius 2 is 2.25 bits per heavy atom. The minimum absolute atomic E-state index is 0. The predicted octanol–water partition coefficient (Wildman–Crippen LogP) is 1.69. The number of halogens is 1. The molecule has 1 amide bonds. The summed E-state index contributed by atoms with van der Waals surface area (Å²) in [5.74, 6) is 3.05. The van der Waals surface area contributed by atoms with E-state index in [0.29, 0.717) is 6.04 Å². The first-order valence-corrected chi connectivity index (χ1v) is 9.67. The Kier molecular flexibility index (Phi) is 9.73. The first-order valence-electron chi connectivity index (χ1n) is 8.51. The average Bonchev–Trinajstić information content (AvgIpc) is 2.97. The van der Waals surface area contributed by atoms with Crippen LogP contribution in [0, 0.1) is 0 Å². The van der Waals surface area contributed by atoms with Crippen LogP contribution in [-0.4, -0.2) is 73.7 Å². The smallest absolute Gasteiger partial charge is 0.243 e. The van der Waals surface area contributed by atoms with E-state index in [0.717, 1.165) is 50.5 Å². The molecule has 2 fully saturated rings. The highest BCUT2D eigenvalue weighted by Gasteiger charge is 2.40. The van der Waals surface area contributed by atoms with Crippen molar-refractivity contribution >= 4 is 47.6 Å². The zero-order valence-corrected chi connectivity index (χ0v) is 18.1. The number of nitrogens with zero attached hydrogens (tertiary/aromatic N) is 2. The molecular formula is C16H31IN4O2S. The summed E-state index contributed by atoms with van der Waals surface area (Å²) in [5.41, 5.74) is 0.0515. The summed E-state index contributed by atoms with van der Waals surface area (Å²) in [6, 6.07) is 0.361. The molecule has 0 bridgehead atoms. The van der Waals surface area contributed by atoms with Crippen molar-refractivity contribution in [3.63, 3.8) is 0 Å². The van der Waals surface area contributed by atoms with Gasteiger partial charge in [0.1, 0.15) is 6.54 Å². The van der Waals surface area contributed by atoms with Crippen molar-refractivity contribution in [2.45, 2.75) is 44.2 Å². The SMILES string of the molecule is CCCNC(=NCC(=O)N(C)C)NC1CCOC2(CCSC2)C1.I. The predicted molar refractivity (Wildman–Crippen MR) is 111 cm³/mol. The molecule has 0 radical (unpaired) electrons. The van der Waals surface area contributed by atoms with Crippen LogP contribution in [-0.2, 0) is 9.53 Å². The van der Waals surface area contributed by atoms with Gasteiger partial charge in [-0.1, -0.05) is 6.92 Å². The fourth-order valence-electron chi connectivity index (χ4n) is 2.89. The van der Waals surface area contributed by atoms with Gasteiger partial charge in [-0.25, -0.2) is 4.99 Å². The Morgan fingerprint density at radius 1 is 1.46 bits per heavy atom. The van der Waals surface area contributed by atoms with E-state index < -0.39 is 0 Å². The van der Waals surface area contributed by atoms with Gasteiger partial charge in [0.2, 0.25) is 5.91 Å². The standard InChI is InChI=1S/C16H30N4O2S.HI/c1-4-7-17-15(18-11-14(21)20(2)3)19-13-5-8-22-16(10-13)6-9-23-12-16;/h13H,4-12H2,1-3H3,(H2,17,18,19);1H. The first kappa shape index (κ1) is 21.8. The number of carbonyl (C=O) groups is 1. The summed E-state index contributed by atoms with van der Waals surface area (Å²) in [6.07, 6.45) is 4.18. The van der Waals surface area contributed by atoms with Crippen LogP contribution in [0.3, 0.4) is 0 Å². The van der Waals surface area contributed by atoms with Gasteiger partial charge >= 0.3 is 0 Å². The molecule has 2 aliphatic rings. The van der Waals surface area contributed by atoms with Gasteiger partial charge in [-0.2, -0.15) is 11.8 Å². The number of carbonyl (C=O) groups excluding carboxylic acids is 1. The summed E-state index contributed by atoms with van der Waals surface area (Å²) in [5, 5.41) is 6.83. The van der Waals surface area contributed by atoms with Crippen LogP contribution in [0.15, 0.2) is 4.99 Å². The molecule has 2 heterocycles. The molecule has 2 unspecified atom stereocenters. The number of ether oxygens (including phenoxy) is 1. The van der Waals surface area contributed by atoms with Crippen LogP contribution in [0.4, 0.5) is 0 Å². The molecule has 0 aromatic heterocycles. The van der Waals surface area contributed by atoms with Gasteiger partial charge in [-0.3, -0.25) is 4.79 Å². The molecule has 140 valence electrons. The van der Waals surface area contributed by atoms with Gasteiger partial charge in [-0.05, 0) is 31.4 Å². The van der Waals surface area contributed by atoms with Crippen LogP contribution >= 0.6 is 35.7 Å².